The van der Waals surface area contributed by atoms with E-state index in [0.29, 0.717) is 5.95 Å². The van der Waals surface area contributed by atoms with Gasteiger partial charge in [0.05, 0.1) is 12.8 Å². The molecule has 0 amide bonds. The van der Waals surface area contributed by atoms with E-state index in [4.69, 9.17) is 9.72 Å². The number of piperazine rings is 1. The normalized spacial score (nSPS) is 14.1. The third-order valence-corrected chi connectivity index (χ3v) is 4.90. The number of para-hydroxylation sites is 3. The predicted octanol–water partition coefficient (Wildman–Crippen LogP) is 3.86. The van der Waals surface area contributed by atoms with Crippen LogP contribution in [0.15, 0.2) is 60.7 Å². The third-order valence-electron chi connectivity index (χ3n) is 4.90. The van der Waals surface area contributed by atoms with Gasteiger partial charge in [0.15, 0.2) is 0 Å². The Morgan fingerprint density at radius 1 is 0.857 bits per heavy atom. The van der Waals surface area contributed by atoms with Crippen molar-refractivity contribution < 1.29 is 4.74 Å². The largest absolute Gasteiger partial charge is 0.495 e. The average Bonchev–Trinajstić information content (AvgIpc) is 2.74. The van der Waals surface area contributed by atoms with Crippen molar-refractivity contribution >= 4 is 23.1 Å². The summed E-state index contributed by atoms with van der Waals surface area (Å²) in [5.74, 6) is 2.52. The quantitative estimate of drug-likeness (QED) is 0.731. The van der Waals surface area contributed by atoms with Crippen molar-refractivity contribution in [3.05, 3.63) is 66.4 Å². The number of hydrogen-bond donors (Lipinski definition) is 1. The van der Waals surface area contributed by atoms with E-state index in [0.717, 1.165) is 54.8 Å². The van der Waals surface area contributed by atoms with Crippen LogP contribution in [0, 0.1) is 6.92 Å². The summed E-state index contributed by atoms with van der Waals surface area (Å²) in [6.45, 7) is 5.65. The first-order valence-electron chi connectivity index (χ1n) is 9.53. The minimum Gasteiger partial charge on any atom is -0.495 e. The summed E-state index contributed by atoms with van der Waals surface area (Å²) < 4.78 is 5.51. The van der Waals surface area contributed by atoms with Crippen LogP contribution in [-0.2, 0) is 0 Å². The lowest BCUT2D eigenvalue weighted by Crippen LogP contribution is -2.47. The van der Waals surface area contributed by atoms with Crippen molar-refractivity contribution in [1.29, 1.82) is 0 Å². The van der Waals surface area contributed by atoms with Gasteiger partial charge in [0, 0.05) is 43.6 Å². The second kappa shape index (κ2) is 8.17. The molecule has 1 saturated heterocycles. The Hall–Kier alpha value is -3.28. The van der Waals surface area contributed by atoms with Gasteiger partial charge >= 0.3 is 0 Å². The lowest BCUT2D eigenvalue weighted by atomic mass is 10.2. The van der Waals surface area contributed by atoms with Crippen molar-refractivity contribution in [3.8, 4) is 5.75 Å². The molecule has 6 nitrogen and oxygen atoms in total. The Kier molecular flexibility index (Phi) is 5.28. The highest BCUT2D eigenvalue weighted by Crippen LogP contribution is 2.29. The summed E-state index contributed by atoms with van der Waals surface area (Å²) in [6.07, 6.45) is 0. The van der Waals surface area contributed by atoms with Gasteiger partial charge in [-0.1, -0.05) is 30.3 Å². The molecule has 3 aromatic rings. The van der Waals surface area contributed by atoms with Gasteiger partial charge in [-0.3, -0.25) is 0 Å². The molecule has 0 atom stereocenters. The smallest absolute Gasteiger partial charge is 0.229 e. The second-order valence-electron chi connectivity index (χ2n) is 6.83. The van der Waals surface area contributed by atoms with E-state index >= 15 is 0 Å². The van der Waals surface area contributed by atoms with Gasteiger partial charge in [-0.05, 0) is 31.2 Å². The number of aryl methyl sites for hydroxylation is 1. The SMILES string of the molecule is COc1ccccc1N1CCN(c2cc(C)nc(Nc3ccccc3)n2)CC1. The molecule has 1 aliphatic rings. The van der Waals surface area contributed by atoms with E-state index in [1.165, 1.54) is 0 Å². The fourth-order valence-electron chi connectivity index (χ4n) is 3.49. The van der Waals surface area contributed by atoms with Crippen LogP contribution in [0.1, 0.15) is 5.69 Å². The van der Waals surface area contributed by atoms with Crippen LogP contribution in [0.4, 0.5) is 23.1 Å². The average molecular weight is 375 g/mol. The summed E-state index contributed by atoms with van der Waals surface area (Å²) >= 11 is 0. The zero-order valence-corrected chi connectivity index (χ0v) is 16.3. The maximum absolute atomic E-state index is 5.51. The minimum absolute atomic E-state index is 0.633. The molecule has 1 aliphatic heterocycles. The summed E-state index contributed by atoms with van der Waals surface area (Å²) in [7, 11) is 1.72. The summed E-state index contributed by atoms with van der Waals surface area (Å²) in [6, 6.07) is 20.2. The fourth-order valence-corrected chi connectivity index (χ4v) is 3.49. The molecule has 6 heteroatoms. The zero-order chi connectivity index (χ0) is 19.3. The summed E-state index contributed by atoms with van der Waals surface area (Å²) in [5, 5.41) is 3.30. The number of nitrogens with one attached hydrogen (secondary N) is 1. The van der Waals surface area contributed by atoms with Gasteiger partial charge in [0.2, 0.25) is 5.95 Å². The van der Waals surface area contributed by atoms with E-state index in [1.54, 1.807) is 7.11 Å². The Labute approximate surface area is 165 Å². The molecule has 28 heavy (non-hydrogen) atoms. The lowest BCUT2D eigenvalue weighted by Gasteiger charge is -2.37. The van der Waals surface area contributed by atoms with E-state index in [-0.39, 0.29) is 0 Å². The Bertz CT molecular complexity index is 923. The number of rotatable bonds is 5. The molecule has 0 radical (unpaired) electrons. The number of nitrogens with zero attached hydrogens (tertiary/aromatic N) is 4. The van der Waals surface area contributed by atoms with Gasteiger partial charge in [-0.15, -0.1) is 0 Å². The molecule has 2 heterocycles. The van der Waals surface area contributed by atoms with Crippen molar-refractivity contribution in [3.63, 3.8) is 0 Å². The van der Waals surface area contributed by atoms with Gasteiger partial charge < -0.3 is 19.9 Å². The van der Waals surface area contributed by atoms with Crippen molar-refractivity contribution in [2.75, 3.05) is 48.4 Å². The van der Waals surface area contributed by atoms with Crippen LogP contribution >= 0.6 is 0 Å². The maximum atomic E-state index is 5.51. The molecular formula is C22H25N5O. The molecule has 0 aliphatic carbocycles. The number of ether oxygens (including phenoxy) is 1. The first-order valence-corrected chi connectivity index (χ1v) is 9.53. The van der Waals surface area contributed by atoms with Crippen molar-refractivity contribution in [2.24, 2.45) is 0 Å². The number of anilines is 4. The highest BCUT2D eigenvalue weighted by Gasteiger charge is 2.21. The van der Waals surface area contributed by atoms with Gasteiger partial charge in [-0.2, -0.15) is 4.98 Å². The topological polar surface area (TPSA) is 53.5 Å². The van der Waals surface area contributed by atoms with E-state index in [1.807, 2.05) is 49.4 Å². The highest BCUT2D eigenvalue weighted by molar-refractivity contribution is 5.60. The van der Waals surface area contributed by atoms with E-state index < -0.39 is 0 Å². The fraction of sp³-hybridized carbons (Fsp3) is 0.273. The second-order valence-corrected chi connectivity index (χ2v) is 6.83. The molecule has 4 rings (SSSR count). The number of methoxy groups -OCH3 is 1. The lowest BCUT2D eigenvalue weighted by molar-refractivity contribution is 0.413. The van der Waals surface area contributed by atoms with Crippen LogP contribution in [-0.4, -0.2) is 43.3 Å². The molecule has 1 fully saturated rings. The molecule has 0 spiro atoms. The first-order chi connectivity index (χ1) is 13.7. The molecule has 144 valence electrons. The van der Waals surface area contributed by atoms with Crippen LogP contribution < -0.4 is 19.9 Å². The zero-order valence-electron chi connectivity index (χ0n) is 16.3. The van der Waals surface area contributed by atoms with Gasteiger partial charge in [0.1, 0.15) is 11.6 Å². The van der Waals surface area contributed by atoms with Crippen LogP contribution in [0.25, 0.3) is 0 Å². The molecule has 0 bridgehead atoms. The van der Waals surface area contributed by atoms with E-state index in [2.05, 4.69) is 38.3 Å². The first kappa shape index (κ1) is 18.1. The van der Waals surface area contributed by atoms with Crippen LogP contribution in [0.3, 0.4) is 0 Å². The van der Waals surface area contributed by atoms with Crippen LogP contribution in [0.5, 0.6) is 5.75 Å². The maximum Gasteiger partial charge on any atom is 0.229 e. The summed E-state index contributed by atoms with van der Waals surface area (Å²) in [4.78, 5) is 14.0. The van der Waals surface area contributed by atoms with Crippen molar-refractivity contribution in [2.45, 2.75) is 6.92 Å². The number of hydrogen-bond acceptors (Lipinski definition) is 6. The molecule has 0 saturated carbocycles. The molecule has 0 unspecified atom stereocenters. The monoisotopic (exact) mass is 375 g/mol. The van der Waals surface area contributed by atoms with Gasteiger partial charge in [0.25, 0.3) is 0 Å². The minimum atomic E-state index is 0.633. The summed E-state index contributed by atoms with van der Waals surface area (Å²) in [5.41, 5.74) is 3.09. The van der Waals surface area contributed by atoms with Crippen molar-refractivity contribution in [1.82, 2.24) is 9.97 Å². The molecular weight excluding hydrogens is 350 g/mol. The van der Waals surface area contributed by atoms with E-state index in [9.17, 15) is 0 Å². The van der Waals surface area contributed by atoms with Gasteiger partial charge in [-0.25, -0.2) is 4.98 Å². The predicted molar refractivity (Wildman–Crippen MR) is 114 cm³/mol. The Morgan fingerprint density at radius 3 is 2.29 bits per heavy atom. The van der Waals surface area contributed by atoms with Crippen LogP contribution in [0.2, 0.25) is 0 Å². The molecule has 2 aromatic carbocycles. The molecule has 1 aromatic heterocycles. The standard InChI is InChI=1S/C22H25N5O/c1-17-16-21(25-22(23-17)24-18-8-4-3-5-9-18)27-14-12-26(13-15-27)19-10-6-7-11-20(19)28-2/h3-11,16H,12-15H2,1-2H3,(H,23,24,25). The molecule has 1 N–H and O–H groups in total. The third kappa shape index (κ3) is 4.01. The number of benzene rings is 2. The number of aromatic nitrogens is 2. The Balaban J connectivity index is 1.47. The Morgan fingerprint density at radius 2 is 1.54 bits per heavy atom. The highest BCUT2D eigenvalue weighted by atomic mass is 16.5.